The number of aryl methyl sites for hydroxylation is 2. The summed E-state index contributed by atoms with van der Waals surface area (Å²) in [5.74, 6) is 0.389. The van der Waals surface area contributed by atoms with Crippen molar-refractivity contribution in [2.45, 2.75) is 72.1 Å². The average molecular weight is 479 g/mol. The number of hydrogen-bond donors (Lipinski definition) is 2. The van der Waals surface area contributed by atoms with E-state index in [-0.39, 0.29) is 5.91 Å². The molecule has 0 bridgehead atoms. The van der Waals surface area contributed by atoms with E-state index in [9.17, 15) is 10.1 Å². The summed E-state index contributed by atoms with van der Waals surface area (Å²) < 4.78 is 0. The average Bonchev–Trinajstić information content (AvgIpc) is 3.33. The predicted molar refractivity (Wildman–Crippen MR) is 137 cm³/mol. The van der Waals surface area contributed by atoms with Crippen molar-refractivity contribution in [2.75, 3.05) is 11.1 Å². The molecule has 5 rings (SSSR count). The molecule has 0 aromatic carbocycles. The number of nitriles is 1. The molecule has 0 saturated carbocycles. The van der Waals surface area contributed by atoms with Gasteiger partial charge in [-0.05, 0) is 73.5 Å². The van der Waals surface area contributed by atoms with Gasteiger partial charge in [-0.25, -0.2) is 4.98 Å². The zero-order valence-corrected chi connectivity index (χ0v) is 21.1. The number of pyridine rings is 1. The monoisotopic (exact) mass is 478 g/mol. The summed E-state index contributed by atoms with van der Waals surface area (Å²) in [4.78, 5) is 20.7. The Bertz CT molecular complexity index is 1290. The highest BCUT2D eigenvalue weighted by Crippen LogP contribution is 2.43. The molecule has 2 aliphatic carbocycles. The van der Waals surface area contributed by atoms with Crippen LogP contribution in [0.5, 0.6) is 0 Å². The highest BCUT2D eigenvalue weighted by atomic mass is 32.1. The first-order valence-corrected chi connectivity index (χ1v) is 13.5. The zero-order valence-electron chi connectivity index (χ0n) is 19.5. The van der Waals surface area contributed by atoms with E-state index in [2.05, 4.69) is 38.2 Å². The molecule has 0 spiro atoms. The number of aromatic nitrogens is 1. The van der Waals surface area contributed by atoms with Crippen LogP contribution in [-0.4, -0.2) is 10.9 Å². The minimum Gasteiger partial charge on any atom is -0.397 e. The first kappa shape index (κ1) is 22.4. The standard InChI is InChI=1S/C26H30N4OS2/c1-4-26(2,3)15-9-10-19-14(11-15)12-17-21(28)22(33-24(17)29-19)23(31)30-25-18(13-27)16-7-5-6-8-20(16)32-25/h12,15H,4-11,28H2,1-3H3,(H,30,31). The molecule has 3 aromatic heterocycles. The van der Waals surface area contributed by atoms with Crippen molar-refractivity contribution in [3.05, 3.63) is 38.2 Å². The third kappa shape index (κ3) is 3.83. The van der Waals surface area contributed by atoms with E-state index in [1.54, 1.807) is 11.3 Å². The number of carbonyl (C=O) groups is 1. The van der Waals surface area contributed by atoms with E-state index in [0.29, 0.717) is 32.5 Å². The molecule has 1 amide bonds. The van der Waals surface area contributed by atoms with Gasteiger partial charge in [-0.3, -0.25) is 4.79 Å². The van der Waals surface area contributed by atoms with Crippen molar-refractivity contribution in [1.29, 1.82) is 5.26 Å². The molecule has 172 valence electrons. The number of hydrogen-bond acceptors (Lipinski definition) is 6. The molecule has 33 heavy (non-hydrogen) atoms. The molecule has 0 fully saturated rings. The van der Waals surface area contributed by atoms with Gasteiger partial charge in [0.1, 0.15) is 20.8 Å². The smallest absolute Gasteiger partial charge is 0.268 e. The van der Waals surface area contributed by atoms with Gasteiger partial charge in [0.15, 0.2) is 0 Å². The van der Waals surface area contributed by atoms with E-state index in [1.165, 1.54) is 21.8 Å². The lowest BCUT2D eigenvalue weighted by Crippen LogP contribution is -2.29. The number of nitrogens with one attached hydrogen (secondary N) is 1. The van der Waals surface area contributed by atoms with E-state index in [4.69, 9.17) is 10.7 Å². The Morgan fingerprint density at radius 3 is 2.85 bits per heavy atom. The number of rotatable bonds is 4. The van der Waals surface area contributed by atoms with Gasteiger partial charge in [-0.2, -0.15) is 5.26 Å². The summed E-state index contributed by atoms with van der Waals surface area (Å²) in [7, 11) is 0. The van der Waals surface area contributed by atoms with Crippen LogP contribution in [0.2, 0.25) is 0 Å². The van der Waals surface area contributed by atoms with Crippen LogP contribution in [-0.2, 0) is 25.7 Å². The van der Waals surface area contributed by atoms with Gasteiger partial charge in [0.05, 0.1) is 11.3 Å². The molecule has 3 aromatic rings. The minimum absolute atomic E-state index is 0.242. The van der Waals surface area contributed by atoms with Crippen molar-refractivity contribution < 1.29 is 4.79 Å². The van der Waals surface area contributed by atoms with Gasteiger partial charge in [0.25, 0.3) is 5.91 Å². The summed E-state index contributed by atoms with van der Waals surface area (Å²) in [6.07, 6.45) is 8.45. The van der Waals surface area contributed by atoms with E-state index >= 15 is 0 Å². The lowest BCUT2D eigenvalue weighted by atomic mass is 9.69. The van der Waals surface area contributed by atoms with Crippen LogP contribution in [0.25, 0.3) is 10.2 Å². The van der Waals surface area contributed by atoms with Crippen LogP contribution in [0.4, 0.5) is 10.7 Å². The van der Waals surface area contributed by atoms with Gasteiger partial charge in [0, 0.05) is 16.0 Å². The van der Waals surface area contributed by atoms with Crippen LogP contribution < -0.4 is 11.1 Å². The Morgan fingerprint density at radius 2 is 2.09 bits per heavy atom. The molecular formula is C26H30N4OS2. The van der Waals surface area contributed by atoms with Gasteiger partial charge >= 0.3 is 0 Å². The number of amides is 1. The molecule has 5 nitrogen and oxygen atoms in total. The van der Waals surface area contributed by atoms with Crippen molar-refractivity contribution in [2.24, 2.45) is 11.3 Å². The van der Waals surface area contributed by atoms with Crippen LogP contribution in [0.15, 0.2) is 6.07 Å². The SMILES string of the molecule is CCC(C)(C)C1CCc2nc3sc(C(=O)Nc4sc5c(c4C#N)CCCC5)c(N)c3cc2C1. The fourth-order valence-electron chi connectivity index (χ4n) is 5.25. The minimum atomic E-state index is -0.242. The highest BCUT2D eigenvalue weighted by molar-refractivity contribution is 7.21. The number of fused-ring (bicyclic) bond motifs is 3. The molecular weight excluding hydrogens is 448 g/mol. The summed E-state index contributed by atoms with van der Waals surface area (Å²) in [5, 5.41) is 14.2. The van der Waals surface area contributed by atoms with Crippen molar-refractivity contribution in [3.8, 4) is 6.07 Å². The van der Waals surface area contributed by atoms with Gasteiger partial charge in [0.2, 0.25) is 0 Å². The normalized spacial score (nSPS) is 17.9. The predicted octanol–water partition coefficient (Wildman–Crippen LogP) is 6.48. The number of nitrogens with two attached hydrogens (primary N) is 1. The van der Waals surface area contributed by atoms with E-state index in [1.807, 2.05) is 0 Å². The molecule has 0 saturated heterocycles. The van der Waals surface area contributed by atoms with Gasteiger partial charge in [-0.1, -0.05) is 27.2 Å². The molecule has 7 heteroatoms. The summed E-state index contributed by atoms with van der Waals surface area (Å²) in [5.41, 5.74) is 11.5. The summed E-state index contributed by atoms with van der Waals surface area (Å²) in [6, 6.07) is 4.48. The molecule has 3 heterocycles. The van der Waals surface area contributed by atoms with Gasteiger partial charge in [-0.15, -0.1) is 22.7 Å². The van der Waals surface area contributed by atoms with Crippen molar-refractivity contribution in [1.82, 2.24) is 4.98 Å². The lowest BCUT2D eigenvalue weighted by Gasteiger charge is -2.36. The van der Waals surface area contributed by atoms with Crippen LogP contribution in [0.1, 0.15) is 83.4 Å². The van der Waals surface area contributed by atoms with E-state index in [0.717, 1.165) is 72.8 Å². The topological polar surface area (TPSA) is 91.8 Å². The third-order valence-corrected chi connectivity index (χ3v) is 10.1. The number of nitrogen functional groups attached to an aromatic ring is 1. The fourth-order valence-corrected chi connectivity index (χ4v) is 7.47. The molecule has 3 N–H and O–H groups in total. The van der Waals surface area contributed by atoms with Crippen molar-refractivity contribution in [3.63, 3.8) is 0 Å². The summed E-state index contributed by atoms with van der Waals surface area (Å²) in [6.45, 7) is 6.97. The Balaban J connectivity index is 1.46. The highest BCUT2D eigenvalue weighted by Gasteiger charge is 2.32. The second-order valence-electron chi connectivity index (χ2n) is 10.1. The van der Waals surface area contributed by atoms with E-state index < -0.39 is 0 Å². The number of anilines is 2. The molecule has 0 aliphatic heterocycles. The lowest BCUT2D eigenvalue weighted by molar-refractivity contribution is 0.103. The maximum atomic E-state index is 13.2. The number of thiophene rings is 2. The second-order valence-corrected chi connectivity index (χ2v) is 12.2. The summed E-state index contributed by atoms with van der Waals surface area (Å²) >= 11 is 2.90. The Labute approximate surface area is 203 Å². The number of nitrogens with zero attached hydrogens (tertiary/aromatic N) is 2. The van der Waals surface area contributed by atoms with Crippen LogP contribution in [0.3, 0.4) is 0 Å². The molecule has 0 radical (unpaired) electrons. The van der Waals surface area contributed by atoms with Gasteiger partial charge < -0.3 is 11.1 Å². The quantitative estimate of drug-likeness (QED) is 0.449. The maximum Gasteiger partial charge on any atom is 0.268 e. The first-order valence-electron chi connectivity index (χ1n) is 11.9. The third-order valence-electron chi connectivity index (χ3n) is 7.82. The second kappa shape index (κ2) is 8.41. The maximum absolute atomic E-state index is 13.2. The van der Waals surface area contributed by atoms with Crippen LogP contribution in [0, 0.1) is 22.7 Å². The Morgan fingerprint density at radius 1 is 1.30 bits per heavy atom. The molecule has 1 atom stereocenters. The van der Waals surface area contributed by atoms with Crippen molar-refractivity contribution >= 4 is 49.5 Å². The molecule has 2 aliphatic rings. The number of carbonyl (C=O) groups excluding carboxylic acids is 1. The fraction of sp³-hybridized carbons (Fsp3) is 0.500. The van der Waals surface area contributed by atoms with Crippen LogP contribution >= 0.6 is 22.7 Å². The Hall–Kier alpha value is -2.43. The zero-order chi connectivity index (χ0) is 23.3. The first-order chi connectivity index (χ1) is 15.8. The Kier molecular flexibility index (Phi) is 5.70. The molecule has 1 unspecified atom stereocenters. The largest absolute Gasteiger partial charge is 0.397 e.